The Morgan fingerprint density at radius 3 is 3.00 bits per heavy atom. The second-order valence-corrected chi connectivity index (χ2v) is 3.69. The molecule has 2 N–H and O–H groups in total. The molecule has 1 heterocycles. The molecule has 0 radical (unpaired) electrons. The average molecular weight is 193 g/mol. The maximum atomic E-state index is 5.79. The monoisotopic (exact) mass is 193 g/mol. The maximum Gasteiger partial charge on any atom is 0.123 e. The molecular weight excluding hydrogens is 178 g/mol. The number of methoxy groups -OCH3 is 1. The van der Waals surface area contributed by atoms with Gasteiger partial charge in [0.1, 0.15) is 17.6 Å². The lowest BCUT2D eigenvalue weighted by Crippen LogP contribution is -2.34. The first-order chi connectivity index (χ1) is 6.70. The zero-order valence-electron chi connectivity index (χ0n) is 8.49. The summed E-state index contributed by atoms with van der Waals surface area (Å²) in [5.41, 5.74) is 6.98. The minimum atomic E-state index is 0.0633. The van der Waals surface area contributed by atoms with Gasteiger partial charge in [-0.05, 0) is 25.1 Å². The van der Waals surface area contributed by atoms with Crippen LogP contribution in [0.25, 0.3) is 0 Å². The van der Waals surface area contributed by atoms with Gasteiger partial charge in [-0.1, -0.05) is 0 Å². The number of rotatable bonds is 2. The van der Waals surface area contributed by atoms with E-state index in [-0.39, 0.29) is 12.1 Å². The molecule has 14 heavy (non-hydrogen) atoms. The van der Waals surface area contributed by atoms with Crippen molar-refractivity contribution >= 4 is 0 Å². The number of nitrogens with two attached hydrogens (primary N) is 1. The van der Waals surface area contributed by atoms with Crippen LogP contribution in [0.3, 0.4) is 0 Å². The van der Waals surface area contributed by atoms with Gasteiger partial charge >= 0.3 is 0 Å². The molecule has 3 heteroatoms. The van der Waals surface area contributed by atoms with Gasteiger partial charge in [0.25, 0.3) is 0 Å². The van der Waals surface area contributed by atoms with E-state index in [9.17, 15) is 0 Å². The summed E-state index contributed by atoms with van der Waals surface area (Å²) in [6.07, 6.45) is 0.988. The Kier molecular flexibility index (Phi) is 2.33. The second-order valence-electron chi connectivity index (χ2n) is 3.69. The molecule has 2 rings (SSSR count). The van der Waals surface area contributed by atoms with Crippen LogP contribution in [0.2, 0.25) is 0 Å². The van der Waals surface area contributed by atoms with Crippen molar-refractivity contribution < 1.29 is 9.47 Å². The van der Waals surface area contributed by atoms with Crippen LogP contribution in [0.5, 0.6) is 11.5 Å². The topological polar surface area (TPSA) is 44.5 Å². The molecule has 0 saturated heterocycles. The van der Waals surface area contributed by atoms with Crippen LogP contribution in [0.15, 0.2) is 18.2 Å². The van der Waals surface area contributed by atoms with E-state index in [0.717, 1.165) is 17.9 Å². The molecule has 1 aromatic rings. The fourth-order valence-corrected chi connectivity index (χ4v) is 1.67. The van der Waals surface area contributed by atoms with Crippen LogP contribution < -0.4 is 15.2 Å². The highest BCUT2D eigenvalue weighted by Crippen LogP contribution is 2.32. The molecule has 76 valence electrons. The van der Waals surface area contributed by atoms with Gasteiger partial charge in [0, 0.05) is 18.0 Å². The summed E-state index contributed by atoms with van der Waals surface area (Å²) >= 11 is 0. The van der Waals surface area contributed by atoms with Gasteiger partial charge in [0.15, 0.2) is 0 Å². The van der Waals surface area contributed by atoms with E-state index < -0.39 is 0 Å². The summed E-state index contributed by atoms with van der Waals surface area (Å²) in [5, 5.41) is 0. The van der Waals surface area contributed by atoms with Crippen molar-refractivity contribution in [1.29, 1.82) is 0 Å². The Morgan fingerprint density at radius 2 is 2.36 bits per heavy atom. The molecule has 2 atom stereocenters. The molecule has 0 amide bonds. The Morgan fingerprint density at radius 1 is 1.57 bits per heavy atom. The van der Waals surface area contributed by atoms with E-state index >= 15 is 0 Å². The van der Waals surface area contributed by atoms with Gasteiger partial charge in [-0.15, -0.1) is 0 Å². The van der Waals surface area contributed by atoms with Crippen molar-refractivity contribution in [2.45, 2.75) is 25.5 Å². The summed E-state index contributed by atoms with van der Waals surface area (Å²) in [5.74, 6) is 1.81. The van der Waals surface area contributed by atoms with Crippen LogP contribution in [0.1, 0.15) is 12.5 Å². The minimum Gasteiger partial charge on any atom is -0.497 e. The summed E-state index contributed by atoms with van der Waals surface area (Å²) in [4.78, 5) is 0. The van der Waals surface area contributed by atoms with Crippen molar-refractivity contribution in [2.75, 3.05) is 7.11 Å². The SMILES string of the molecule is COc1ccc2c(c1)CC(C(C)N)O2. The van der Waals surface area contributed by atoms with E-state index in [4.69, 9.17) is 15.2 Å². The zero-order chi connectivity index (χ0) is 10.1. The Balaban J connectivity index is 2.22. The van der Waals surface area contributed by atoms with E-state index in [1.807, 2.05) is 25.1 Å². The van der Waals surface area contributed by atoms with E-state index in [2.05, 4.69) is 0 Å². The van der Waals surface area contributed by atoms with Gasteiger partial charge in [-0.25, -0.2) is 0 Å². The molecule has 2 unspecified atom stereocenters. The Bertz CT molecular complexity index is 336. The zero-order valence-corrected chi connectivity index (χ0v) is 8.49. The van der Waals surface area contributed by atoms with Crippen LogP contribution in [-0.4, -0.2) is 19.3 Å². The first kappa shape index (κ1) is 9.34. The van der Waals surface area contributed by atoms with E-state index in [1.165, 1.54) is 5.56 Å². The molecule has 0 saturated carbocycles. The van der Waals surface area contributed by atoms with Gasteiger partial charge in [-0.3, -0.25) is 0 Å². The van der Waals surface area contributed by atoms with Crippen LogP contribution in [-0.2, 0) is 6.42 Å². The minimum absolute atomic E-state index is 0.0633. The number of benzene rings is 1. The van der Waals surface area contributed by atoms with Crippen LogP contribution >= 0.6 is 0 Å². The lowest BCUT2D eigenvalue weighted by molar-refractivity contribution is 0.206. The summed E-state index contributed by atoms with van der Waals surface area (Å²) < 4.78 is 10.8. The summed E-state index contributed by atoms with van der Waals surface area (Å²) in [7, 11) is 1.67. The first-order valence-corrected chi connectivity index (χ1v) is 4.80. The van der Waals surface area contributed by atoms with Crippen molar-refractivity contribution in [3.63, 3.8) is 0 Å². The van der Waals surface area contributed by atoms with Gasteiger partial charge < -0.3 is 15.2 Å². The maximum absolute atomic E-state index is 5.79. The van der Waals surface area contributed by atoms with Crippen molar-refractivity contribution in [2.24, 2.45) is 5.73 Å². The number of ether oxygens (including phenoxy) is 2. The van der Waals surface area contributed by atoms with Crippen LogP contribution in [0, 0.1) is 0 Å². The molecular formula is C11H15NO2. The third-order valence-electron chi connectivity index (χ3n) is 2.55. The number of hydrogen-bond donors (Lipinski definition) is 1. The highest BCUT2D eigenvalue weighted by Gasteiger charge is 2.25. The Labute approximate surface area is 83.8 Å². The second kappa shape index (κ2) is 3.50. The molecule has 1 aromatic carbocycles. The number of hydrogen-bond acceptors (Lipinski definition) is 3. The standard InChI is InChI=1S/C11H15NO2/c1-7(12)11-6-8-5-9(13-2)3-4-10(8)14-11/h3-5,7,11H,6,12H2,1-2H3. The fraction of sp³-hybridized carbons (Fsp3) is 0.455. The van der Waals surface area contributed by atoms with E-state index in [0.29, 0.717) is 0 Å². The largest absolute Gasteiger partial charge is 0.497 e. The third-order valence-corrected chi connectivity index (χ3v) is 2.55. The van der Waals surface area contributed by atoms with Crippen molar-refractivity contribution in [3.05, 3.63) is 23.8 Å². The average Bonchev–Trinajstić information content (AvgIpc) is 2.59. The first-order valence-electron chi connectivity index (χ1n) is 4.80. The molecule has 0 aliphatic carbocycles. The predicted molar refractivity (Wildman–Crippen MR) is 54.8 cm³/mol. The van der Waals surface area contributed by atoms with Gasteiger partial charge in [-0.2, -0.15) is 0 Å². The van der Waals surface area contributed by atoms with Gasteiger partial charge in [0.05, 0.1) is 7.11 Å². The molecule has 0 aromatic heterocycles. The quantitative estimate of drug-likeness (QED) is 0.771. The third kappa shape index (κ3) is 1.55. The Hall–Kier alpha value is -1.22. The summed E-state index contributed by atoms with van der Waals surface area (Å²) in [6, 6.07) is 5.92. The molecule has 1 aliphatic rings. The molecule has 0 fully saturated rings. The van der Waals surface area contributed by atoms with Crippen molar-refractivity contribution in [3.8, 4) is 11.5 Å². The predicted octanol–water partition coefficient (Wildman–Crippen LogP) is 1.35. The summed E-state index contributed by atoms with van der Waals surface area (Å²) in [6.45, 7) is 1.97. The van der Waals surface area contributed by atoms with Gasteiger partial charge in [0.2, 0.25) is 0 Å². The fourth-order valence-electron chi connectivity index (χ4n) is 1.67. The lowest BCUT2D eigenvalue weighted by atomic mass is 10.1. The normalized spacial score (nSPS) is 21.2. The van der Waals surface area contributed by atoms with Crippen LogP contribution in [0.4, 0.5) is 0 Å². The molecule has 3 nitrogen and oxygen atoms in total. The lowest BCUT2D eigenvalue weighted by Gasteiger charge is -2.13. The number of fused-ring (bicyclic) bond motifs is 1. The highest BCUT2D eigenvalue weighted by atomic mass is 16.5. The molecule has 0 spiro atoms. The highest BCUT2D eigenvalue weighted by molar-refractivity contribution is 5.43. The molecule has 1 aliphatic heterocycles. The molecule has 0 bridgehead atoms. The van der Waals surface area contributed by atoms with E-state index in [1.54, 1.807) is 7.11 Å². The smallest absolute Gasteiger partial charge is 0.123 e. The van der Waals surface area contributed by atoms with Crippen molar-refractivity contribution in [1.82, 2.24) is 0 Å².